The average Bonchev–Trinajstić information content (AvgIpc) is 3.91. The summed E-state index contributed by atoms with van der Waals surface area (Å²) in [7, 11) is 0. The van der Waals surface area contributed by atoms with Crippen LogP contribution in [-0.2, 0) is 0 Å². The number of thioether (sulfide) groups is 2. The Labute approximate surface area is 328 Å². The van der Waals surface area contributed by atoms with Gasteiger partial charge < -0.3 is 0 Å². The van der Waals surface area contributed by atoms with E-state index >= 15 is 0 Å². The Morgan fingerprint density at radius 3 is 1.31 bits per heavy atom. The van der Waals surface area contributed by atoms with E-state index in [9.17, 15) is 0 Å². The van der Waals surface area contributed by atoms with Crippen molar-refractivity contribution in [1.82, 2.24) is 0 Å². The molecular formula is C49H84S2. The third kappa shape index (κ3) is 11.6. The first kappa shape index (κ1) is 43.4. The van der Waals surface area contributed by atoms with Gasteiger partial charge in [-0.1, -0.05) is 127 Å². The number of rotatable bonds is 0. The van der Waals surface area contributed by atoms with Crippen LogP contribution < -0.4 is 0 Å². The molecule has 0 nitrogen and oxygen atoms in total. The predicted molar refractivity (Wildman–Crippen MR) is 235 cm³/mol. The van der Waals surface area contributed by atoms with Crippen LogP contribution in [0.4, 0.5) is 0 Å². The van der Waals surface area contributed by atoms with Crippen molar-refractivity contribution in [3.05, 3.63) is 43.9 Å². The molecule has 2 aliphatic heterocycles. The second kappa shape index (κ2) is 21.1. The molecule has 0 spiro atoms. The molecule has 51 heavy (non-hydrogen) atoms. The molecule has 10 unspecified atom stereocenters. The Bertz CT molecular complexity index is 1070. The fraction of sp³-hybridized carbons (Fsp3) is 0.837. The van der Waals surface area contributed by atoms with Crippen molar-refractivity contribution in [2.45, 2.75) is 186 Å². The van der Waals surface area contributed by atoms with Gasteiger partial charge in [0.15, 0.2) is 0 Å². The van der Waals surface area contributed by atoms with Crippen molar-refractivity contribution in [3.63, 3.8) is 0 Å². The Morgan fingerprint density at radius 1 is 0.412 bits per heavy atom. The molecule has 9 aliphatic rings. The van der Waals surface area contributed by atoms with Crippen LogP contribution in [0.3, 0.4) is 0 Å². The van der Waals surface area contributed by atoms with Crippen molar-refractivity contribution in [1.29, 1.82) is 0 Å². The molecule has 9 rings (SSSR count). The van der Waals surface area contributed by atoms with Crippen LogP contribution in [0.1, 0.15) is 186 Å². The highest BCUT2D eigenvalue weighted by Gasteiger charge is 2.46. The molecule has 0 amide bonds. The van der Waals surface area contributed by atoms with E-state index < -0.39 is 0 Å². The second-order valence-electron chi connectivity index (χ2n) is 18.9. The number of hydrogen-bond donors (Lipinski definition) is 0. The first-order valence-corrected chi connectivity index (χ1v) is 24.4. The highest BCUT2D eigenvalue weighted by Crippen LogP contribution is 2.55. The minimum atomic E-state index is 0.896. The van der Waals surface area contributed by atoms with Gasteiger partial charge in [0.1, 0.15) is 0 Å². The summed E-state index contributed by atoms with van der Waals surface area (Å²) < 4.78 is 0. The molecule has 0 saturated heterocycles. The summed E-state index contributed by atoms with van der Waals surface area (Å²) in [6.07, 6.45) is 23.0. The molecule has 2 heteroatoms. The molecular weight excluding hydrogens is 653 g/mol. The Balaban J connectivity index is 0.000000137. The zero-order valence-corrected chi connectivity index (χ0v) is 37.7. The van der Waals surface area contributed by atoms with Crippen LogP contribution in [0.25, 0.3) is 0 Å². The largest absolute Gasteiger partial charge is 0.157 e. The van der Waals surface area contributed by atoms with Gasteiger partial charge in [-0.15, -0.1) is 11.8 Å². The molecule has 0 aromatic rings. The summed E-state index contributed by atoms with van der Waals surface area (Å²) in [5.74, 6) is 14.0. The quantitative estimate of drug-likeness (QED) is 0.227. The molecule has 0 radical (unpaired) electrons. The van der Waals surface area contributed by atoms with Gasteiger partial charge in [0.25, 0.3) is 0 Å². The minimum absolute atomic E-state index is 0.896. The summed E-state index contributed by atoms with van der Waals surface area (Å²) in [6, 6.07) is 0. The van der Waals surface area contributed by atoms with Crippen molar-refractivity contribution in [3.8, 4) is 0 Å². The van der Waals surface area contributed by atoms with Crippen molar-refractivity contribution < 1.29 is 0 Å². The number of fused-ring (bicyclic) bond motifs is 1. The lowest BCUT2D eigenvalue weighted by Gasteiger charge is -2.45. The molecule has 0 aromatic heterocycles. The van der Waals surface area contributed by atoms with Gasteiger partial charge in [-0.05, 0) is 168 Å². The van der Waals surface area contributed by atoms with Gasteiger partial charge in [-0.3, -0.25) is 0 Å². The first-order chi connectivity index (χ1) is 24.3. The van der Waals surface area contributed by atoms with E-state index in [4.69, 9.17) is 0 Å². The van der Waals surface area contributed by atoms with Gasteiger partial charge in [-0.25, -0.2) is 0 Å². The molecule has 3 saturated carbocycles. The molecule has 10 atom stereocenters. The van der Waals surface area contributed by atoms with Gasteiger partial charge >= 0.3 is 0 Å². The third-order valence-corrected chi connectivity index (χ3v) is 18.4. The maximum Gasteiger partial charge on any atom is 0.0143 e. The minimum Gasteiger partial charge on any atom is -0.157 e. The highest BCUT2D eigenvalue weighted by molar-refractivity contribution is 8.03. The van der Waals surface area contributed by atoms with Crippen molar-refractivity contribution in [2.24, 2.45) is 59.2 Å². The summed E-state index contributed by atoms with van der Waals surface area (Å²) in [5, 5.41) is 0. The number of allylic oxidation sites excluding steroid dienone is 7. The topological polar surface area (TPSA) is 0 Å². The third-order valence-electron chi connectivity index (χ3n) is 15.9. The van der Waals surface area contributed by atoms with Crippen LogP contribution in [0.5, 0.6) is 0 Å². The SMILES string of the molecule is CC1=C(C)CCCC1.CC1=C(C)CSCC1.CC1C(C)C2CCCC12.CC1C2=C(CCC2)C1C.CC1C2=C(SCC2)C1C.CC1CCCCC1C. The molecule has 3 fully saturated rings. The first-order valence-electron chi connectivity index (χ1n) is 22.3. The molecule has 292 valence electrons. The molecule has 2 heterocycles. The lowest BCUT2D eigenvalue weighted by molar-refractivity contribution is 0.0302. The maximum absolute atomic E-state index is 2.43. The van der Waals surface area contributed by atoms with Crippen molar-refractivity contribution in [2.75, 3.05) is 17.3 Å². The fourth-order valence-electron chi connectivity index (χ4n) is 10.6. The summed E-state index contributed by atoms with van der Waals surface area (Å²) in [5.41, 5.74) is 11.9. The van der Waals surface area contributed by atoms with E-state index in [1.807, 2.05) is 22.9 Å². The molecule has 7 aliphatic carbocycles. The summed E-state index contributed by atoms with van der Waals surface area (Å²) >= 11 is 4.13. The van der Waals surface area contributed by atoms with E-state index in [2.05, 4.69) is 94.8 Å². The Hall–Kier alpha value is -0.340. The fourth-order valence-corrected chi connectivity index (χ4v) is 13.2. The zero-order chi connectivity index (χ0) is 37.2. The van der Waals surface area contributed by atoms with Crippen molar-refractivity contribution >= 4 is 23.5 Å². The predicted octanol–water partition coefficient (Wildman–Crippen LogP) is 16.3. The Kier molecular flexibility index (Phi) is 17.9. The number of hydrogen-bond acceptors (Lipinski definition) is 2. The van der Waals surface area contributed by atoms with Gasteiger partial charge in [-0.2, -0.15) is 11.8 Å². The van der Waals surface area contributed by atoms with E-state index in [-0.39, 0.29) is 0 Å². The Morgan fingerprint density at radius 2 is 0.902 bits per heavy atom. The smallest absolute Gasteiger partial charge is 0.0143 e. The normalized spacial score (nSPS) is 37.4. The second-order valence-corrected chi connectivity index (χ2v) is 21.1. The highest BCUT2D eigenvalue weighted by atomic mass is 32.2. The van der Waals surface area contributed by atoms with Crippen LogP contribution in [0, 0.1) is 59.2 Å². The summed E-state index contributed by atoms with van der Waals surface area (Å²) in [6.45, 7) is 28.1. The molecule has 0 N–H and O–H groups in total. The van der Waals surface area contributed by atoms with Gasteiger partial charge in [0.05, 0.1) is 0 Å². The van der Waals surface area contributed by atoms with Crippen LogP contribution in [-0.4, -0.2) is 17.3 Å². The van der Waals surface area contributed by atoms with E-state index in [1.54, 1.807) is 32.8 Å². The monoisotopic (exact) mass is 737 g/mol. The lowest BCUT2D eigenvalue weighted by atomic mass is 9.60. The van der Waals surface area contributed by atoms with E-state index in [0.29, 0.717) is 0 Å². The molecule has 0 aromatic carbocycles. The van der Waals surface area contributed by atoms with E-state index in [1.165, 1.54) is 120 Å². The summed E-state index contributed by atoms with van der Waals surface area (Å²) in [4.78, 5) is 1.72. The molecule has 0 bridgehead atoms. The lowest BCUT2D eigenvalue weighted by Crippen LogP contribution is -2.39. The van der Waals surface area contributed by atoms with Crippen LogP contribution in [0.15, 0.2) is 43.9 Å². The van der Waals surface area contributed by atoms with Crippen LogP contribution >= 0.6 is 23.5 Å². The van der Waals surface area contributed by atoms with Crippen LogP contribution in [0.2, 0.25) is 0 Å². The standard InChI is InChI=1S/C9H16.C9H14.C8H12S.C8H16.C8H14.C7H12S/c2*1-6-7(2)9-5-3-4-8(6)9;1-5-6(2)8-7(5)3-4-9-8;2*1-7-5-3-4-6-8(7)2;1-6-3-4-8-5-7(6)2/h6-9H,3-5H2,1-2H3;6-7H,3-5H2,1-2H3;5-6H,3-4H2,1-2H3;7-8H,3-6H2,1-2H3;3-6H2,1-2H3;3-5H2,1-2H3. The van der Waals surface area contributed by atoms with E-state index in [0.717, 1.165) is 59.2 Å². The van der Waals surface area contributed by atoms with Gasteiger partial charge in [0, 0.05) is 11.5 Å². The maximum atomic E-state index is 2.43. The zero-order valence-electron chi connectivity index (χ0n) is 36.0. The average molecular weight is 737 g/mol. The van der Waals surface area contributed by atoms with Gasteiger partial charge in [0.2, 0.25) is 0 Å².